The summed E-state index contributed by atoms with van der Waals surface area (Å²) in [6.45, 7) is 5.01. The van der Waals surface area contributed by atoms with E-state index in [1.807, 2.05) is 30.0 Å². The third-order valence-corrected chi connectivity index (χ3v) is 3.78. The first-order valence-electron chi connectivity index (χ1n) is 5.34. The van der Waals surface area contributed by atoms with Crippen molar-refractivity contribution in [2.24, 2.45) is 5.73 Å². The van der Waals surface area contributed by atoms with Gasteiger partial charge in [-0.3, -0.25) is 0 Å². The molecule has 0 atom stereocenters. The highest BCUT2D eigenvalue weighted by Gasteiger charge is 2.07. The third-order valence-electron chi connectivity index (χ3n) is 2.00. The molecule has 0 aliphatic heterocycles. The lowest BCUT2D eigenvalue weighted by molar-refractivity contribution is 0.343. The van der Waals surface area contributed by atoms with Crippen molar-refractivity contribution < 1.29 is 4.74 Å². The van der Waals surface area contributed by atoms with E-state index < -0.39 is 0 Å². The number of hydrogen-bond donors (Lipinski definition) is 1. The molecule has 0 aromatic heterocycles. The molecule has 0 saturated heterocycles. The van der Waals surface area contributed by atoms with Gasteiger partial charge in [-0.1, -0.05) is 42.0 Å². The van der Waals surface area contributed by atoms with Crippen LogP contribution >= 0.6 is 39.9 Å². The Kier molecular flexibility index (Phi) is 6.30. The molecule has 0 spiro atoms. The Balaban J connectivity index is 2.61. The van der Waals surface area contributed by atoms with Gasteiger partial charge in [0, 0.05) is 10.2 Å². The summed E-state index contributed by atoms with van der Waals surface area (Å²) in [5.41, 5.74) is 6.44. The quantitative estimate of drug-likeness (QED) is 0.637. The Bertz CT molecular complexity index is 396. The first-order valence-corrected chi connectivity index (χ1v) is 7.59. The largest absolute Gasteiger partial charge is 0.492 e. The van der Waals surface area contributed by atoms with Crippen LogP contribution in [-0.2, 0) is 0 Å². The number of thioether (sulfide) groups is 1. The molecular formula is C12H16BrNOS2. The summed E-state index contributed by atoms with van der Waals surface area (Å²) >= 11 is 10.3. The number of benzene rings is 1. The van der Waals surface area contributed by atoms with Gasteiger partial charge >= 0.3 is 0 Å². The second kappa shape index (κ2) is 7.24. The maximum absolute atomic E-state index is 5.69. The van der Waals surface area contributed by atoms with E-state index in [0.29, 0.717) is 16.8 Å². The summed E-state index contributed by atoms with van der Waals surface area (Å²) in [5, 5.41) is 0.624. The third kappa shape index (κ3) is 5.27. The number of rotatable bonds is 6. The first kappa shape index (κ1) is 14.8. The van der Waals surface area contributed by atoms with Crippen LogP contribution in [0.3, 0.4) is 0 Å². The van der Waals surface area contributed by atoms with Gasteiger partial charge in [-0.2, -0.15) is 11.8 Å². The molecule has 0 radical (unpaired) electrons. The van der Waals surface area contributed by atoms with Crippen molar-refractivity contribution in [1.82, 2.24) is 0 Å². The van der Waals surface area contributed by atoms with Gasteiger partial charge in [0.05, 0.1) is 12.2 Å². The number of halogens is 1. The van der Waals surface area contributed by atoms with Gasteiger partial charge in [0.15, 0.2) is 0 Å². The maximum atomic E-state index is 5.69. The van der Waals surface area contributed by atoms with Crippen molar-refractivity contribution in [3.63, 3.8) is 0 Å². The molecule has 5 heteroatoms. The van der Waals surface area contributed by atoms with Gasteiger partial charge in [-0.15, -0.1) is 0 Å². The predicted octanol–water partition coefficient (Wildman–Crippen LogP) is 3.60. The zero-order valence-electron chi connectivity index (χ0n) is 9.90. The standard InChI is InChI=1S/C12H16BrNOS2/c1-8(2)17-6-5-15-11-4-3-9(13)7-10(11)12(14)16/h3-4,7-8H,5-6H2,1-2H3,(H2,14,16). The van der Waals surface area contributed by atoms with Crippen LogP contribution in [-0.4, -0.2) is 22.6 Å². The summed E-state index contributed by atoms with van der Waals surface area (Å²) in [4.78, 5) is 0.359. The first-order chi connectivity index (χ1) is 8.00. The zero-order chi connectivity index (χ0) is 12.8. The van der Waals surface area contributed by atoms with E-state index in [4.69, 9.17) is 22.7 Å². The molecule has 0 bridgehead atoms. The molecule has 17 heavy (non-hydrogen) atoms. The van der Waals surface area contributed by atoms with Crippen molar-refractivity contribution in [2.75, 3.05) is 12.4 Å². The monoisotopic (exact) mass is 333 g/mol. The molecule has 0 fully saturated rings. The highest BCUT2D eigenvalue weighted by Crippen LogP contribution is 2.23. The minimum Gasteiger partial charge on any atom is -0.492 e. The van der Waals surface area contributed by atoms with Crippen molar-refractivity contribution in [2.45, 2.75) is 19.1 Å². The summed E-state index contributed by atoms with van der Waals surface area (Å²) in [7, 11) is 0. The highest BCUT2D eigenvalue weighted by atomic mass is 79.9. The van der Waals surface area contributed by atoms with Gasteiger partial charge in [0.1, 0.15) is 10.7 Å². The lowest BCUT2D eigenvalue weighted by Gasteiger charge is -2.11. The Hall–Kier alpha value is -0.260. The van der Waals surface area contributed by atoms with Crippen LogP contribution in [0, 0.1) is 0 Å². The number of nitrogens with two attached hydrogens (primary N) is 1. The zero-order valence-corrected chi connectivity index (χ0v) is 13.1. The topological polar surface area (TPSA) is 35.2 Å². The minimum atomic E-state index is 0.359. The molecule has 1 rings (SSSR count). The van der Waals surface area contributed by atoms with Gasteiger partial charge in [0.25, 0.3) is 0 Å². The molecule has 2 nitrogen and oxygen atoms in total. The number of hydrogen-bond acceptors (Lipinski definition) is 3. The van der Waals surface area contributed by atoms with E-state index in [1.54, 1.807) is 0 Å². The van der Waals surface area contributed by atoms with Crippen LogP contribution in [0.5, 0.6) is 5.75 Å². The average Bonchev–Trinajstić information content (AvgIpc) is 2.25. The van der Waals surface area contributed by atoms with Crippen molar-refractivity contribution in [3.05, 3.63) is 28.2 Å². The molecular weight excluding hydrogens is 318 g/mol. The lowest BCUT2D eigenvalue weighted by Crippen LogP contribution is -2.13. The molecule has 0 amide bonds. The van der Waals surface area contributed by atoms with E-state index >= 15 is 0 Å². The highest BCUT2D eigenvalue weighted by molar-refractivity contribution is 9.10. The predicted molar refractivity (Wildman–Crippen MR) is 83.1 cm³/mol. The molecule has 0 saturated carbocycles. The lowest BCUT2D eigenvalue weighted by atomic mass is 10.2. The average molecular weight is 334 g/mol. The second-order valence-corrected chi connectivity index (χ2v) is 6.81. The molecule has 0 unspecified atom stereocenters. The minimum absolute atomic E-state index is 0.359. The Morgan fingerprint density at radius 3 is 2.82 bits per heavy atom. The summed E-state index contributed by atoms with van der Waals surface area (Å²) in [6.07, 6.45) is 0. The SMILES string of the molecule is CC(C)SCCOc1ccc(Br)cc1C(N)=S. The summed E-state index contributed by atoms with van der Waals surface area (Å²) < 4.78 is 6.64. The smallest absolute Gasteiger partial charge is 0.129 e. The Labute approximate surface area is 120 Å². The van der Waals surface area contributed by atoms with E-state index in [9.17, 15) is 0 Å². The van der Waals surface area contributed by atoms with Crippen LogP contribution < -0.4 is 10.5 Å². The van der Waals surface area contributed by atoms with Crippen molar-refractivity contribution in [1.29, 1.82) is 0 Å². The summed E-state index contributed by atoms with van der Waals surface area (Å²) in [6, 6.07) is 5.69. The fourth-order valence-corrected chi connectivity index (χ4v) is 2.43. The van der Waals surface area contributed by atoms with Gasteiger partial charge < -0.3 is 10.5 Å². The van der Waals surface area contributed by atoms with E-state index in [2.05, 4.69) is 29.8 Å². The summed E-state index contributed by atoms with van der Waals surface area (Å²) in [5.74, 6) is 1.72. The van der Waals surface area contributed by atoms with Crippen LogP contribution in [0.25, 0.3) is 0 Å². The normalized spacial score (nSPS) is 10.6. The number of thiocarbonyl (C=S) groups is 1. The van der Waals surface area contributed by atoms with E-state index in [1.165, 1.54) is 0 Å². The van der Waals surface area contributed by atoms with E-state index in [0.717, 1.165) is 21.5 Å². The van der Waals surface area contributed by atoms with Crippen molar-refractivity contribution >= 4 is 44.9 Å². The Morgan fingerprint density at radius 1 is 1.53 bits per heavy atom. The van der Waals surface area contributed by atoms with Crippen LogP contribution in [0.15, 0.2) is 22.7 Å². The molecule has 0 aliphatic carbocycles. The molecule has 2 N–H and O–H groups in total. The molecule has 1 aromatic rings. The Morgan fingerprint density at radius 2 is 2.24 bits per heavy atom. The number of ether oxygens (including phenoxy) is 1. The maximum Gasteiger partial charge on any atom is 0.129 e. The molecule has 0 heterocycles. The van der Waals surface area contributed by atoms with E-state index in [-0.39, 0.29) is 0 Å². The van der Waals surface area contributed by atoms with Gasteiger partial charge in [-0.05, 0) is 23.4 Å². The van der Waals surface area contributed by atoms with Gasteiger partial charge in [0.2, 0.25) is 0 Å². The molecule has 94 valence electrons. The van der Waals surface area contributed by atoms with Crippen LogP contribution in [0.2, 0.25) is 0 Å². The molecule has 1 aromatic carbocycles. The fraction of sp³-hybridized carbons (Fsp3) is 0.417. The van der Waals surface area contributed by atoms with Crippen molar-refractivity contribution in [3.8, 4) is 5.75 Å². The molecule has 0 aliphatic rings. The van der Waals surface area contributed by atoms with Crippen LogP contribution in [0.1, 0.15) is 19.4 Å². The van der Waals surface area contributed by atoms with Gasteiger partial charge in [-0.25, -0.2) is 0 Å². The fourth-order valence-electron chi connectivity index (χ4n) is 1.26. The second-order valence-electron chi connectivity index (χ2n) is 3.77. The van der Waals surface area contributed by atoms with Crippen LogP contribution in [0.4, 0.5) is 0 Å².